The Hall–Kier alpha value is -1.78. The lowest BCUT2D eigenvalue weighted by atomic mass is 10.2. The van der Waals surface area contributed by atoms with Crippen molar-refractivity contribution in [1.29, 1.82) is 0 Å². The van der Waals surface area contributed by atoms with E-state index in [0.29, 0.717) is 13.0 Å². The van der Waals surface area contributed by atoms with Crippen molar-refractivity contribution in [3.05, 3.63) is 24.0 Å². The van der Waals surface area contributed by atoms with E-state index in [9.17, 15) is 9.59 Å². The molecular formula is C12H16N2O3. The van der Waals surface area contributed by atoms with Gasteiger partial charge in [0, 0.05) is 31.9 Å². The van der Waals surface area contributed by atoms with Gasteiger partial charge in [-0.05, 0) is 18.6 Å². The number of hydrogen-bond acceptors (Lipinski definition) is 2. The molecular weight excluding hydrogens is 220 g/mol. The zero-order valence-electron chi connectivity index (χ0n) is 9.72. The maximum Gasteiger partial charge on any atom is 0.307 e. The van der Waals surface area contributed by atoms with E-state index < -0.39 is 11.9 Å². The monoisotopic (exact) mass is 236 g/mol. The molecule has 1 aliphatic carbocycles. The number of carboxylic acid groups (broad SMARTS) is 1. The molecule has 1 amide bonds. The zero-order valence-corrected chi connectivity index (χ0v) is 9.72. The van der Waals surface area contributed by atoms with E-state index in [1.54, 1.807) is 11.9 Å². The lowest BCUT2D eigenvalue weighted by Gasteiger charge is -2.16. The normalized spacial score (nSPS) is 22.2. The molecule has 0 radical (unpaired) electrons. The summed E-state index contributed by atoms with van der Waals surface area (Å²) in [5, 5.41) is 8.76. The van der Waals surface area contributed by atoms with Crippen LogP contribution in [0.3, 0.4) is 0 Å². The van der Waals surface area contributed by atoms with Crippen LogP contribution in [0.2, 0.25) is 0 Å². The Morgan fingerprint density at radius 3 is 2.82 bits per heavy atom. The van der Waals surface area contributed by atoms with Gasteiger partial charge in [0.05, 0.1) is 11.8 Å². The van der Waals surface area contributed by atoms with Gasteiger partial charge in [-0.2, -0.15) is 0 Å². The van der Waals surface area contributed by atoms with Gasteiger partial charge in [-0.25, -0.2) is 0 Å². The summed E-state index contributed by atoms with van der Waals surface area (Å²) in [5.74, 6) is -1.68. The van der Waals surface area contributed by atoms with E-state index in [2.05, 4.69) is 4.98 Å². The van der Waals surface area contributed by atoms with Crippen LogP contribution in [0.15, 0.2) is 18.3 Å². The summed E-state index contributed by atoms with van der Waals surface area (Å²) in [7, 11) is 1.72. The molecule has 5 heteroatoms. The number of rotatable bonds is 5. The molecule has 1 saturated carbocycles. The van der Waals surface area contributed by atoms with Gasteiger partial charge < -0.3 is 15.0 Å². The molecule has 2 rings (SSSR count). The Balaban J connectivity index is 1.79. The number of carbonyl (C=O) groups excluding carboxylic acids is 1. The molecule has 0 bridgehead atoms. The van der Waals surface area contributed by atoms with Crippen LogP contribution in [0.5, 0.6) is 0 Å². The minimum Gasteiger partial charge on any atom is -0.481 e. The van der Waals surface area contributed by atoms with Gasteiger partial charge in [0.2, 0.25) is 5.91 Å². The van der Waals surface area contributed by atoms with Gasteiger partial charge in [0.25, 0.3) is 0 Å². The molecule has 92 valence electrons. The first-order chi connectivity index (χ1) is 8.09. The SMILES string of the molecule is CN(CCc1ccc[nH]1)C(=O)C1CC1C(=O)O. The number of aromatic nitrogens is 1. The number of hydrogen-bond donors (Lipinski definition) is 2. The topological polar surface area (TPSA) is 73.4 Å². The minimum absolute atomic E-state index is 0.0519. The van der Waals surface area contributed by atoms with E-state index in [0.717, 1.165) is 12.1 Å². The predicted molar refractivity (Wildman–Crippen MR) is 61.4 cm³/mol. The molecule has 0 saturated heterocycles. The molecule has 0 aromatic carbocycles. The maximum atomic E-state index is 11.8. The molecule has 2 atom stereocenters. The van der Waals surface area contributed by atoms with Crippen LogP contribution in [-0.4, -0.2) is 40.5 Å². The summed E-state index contributed by atoms with van der Waals surface area (Å²) in [5.41, 5.74) is 1.08. The molecule has 5 nitrogen and oxygen atoms in total. The average molecular weight is 236 g/mol. The highest BCUT2D eigenvalue weighted by molar-refractivity contribution is 5.89. The quantitative estimate of drug-likeness (QED) is 0.791. The number of carbonyl (C=O) groups is 2. The smallest absolute Gasteiger partial charge is 0.307 e. The molecule has 1 aliphatic rings. The van der Waals surface area contributed by atoms with Crippen LogP contribution < -0.4 is 0 Å². The van der Waals surface area contributed by atoms with Gasteiger partial charge in [-0.1, -0.05) is 0 Å². The summed E-state index contributed by atoms with van der Waals surface area (Å²) >= 11 is 0. The molecule has 1 fully saturated rings. The maximum absolute atomic E-state index is 11.8. The zero-order chi connectivity index (χ0) is 12.4. The van der Waals surface area contributed by atoms with E-state index >= 15 is 0 Å². The summed E-state index contributed by atoms with van der Waals surface area (Å²) in [6.45, 7) is 0.613. The van der Waals surface area contributed by atoms with Crippen molar-refractivity contribution in [3.8, 4) is 0 Å². The summed E-state index contributed by atoms with van der Waals surface area (Å²) in [4.78, 5) is 27.2. The molecule has 1 aromatic heterocycles. The fraction of sp³-hybridized carbons (Fsp3) is 0.500. The summed E-state index contributed by atoms with van der Waals surface area (Å²) in [6.07, 6.45) is 3.10. The highest BCUT2D eigenvalue weighted by Crippen LogP contribution is 2.39. The van der Waals surface area contributed by atoms with Crippen LogP contribution in [0.4, 0.5) is 0 Å². The van der Waals surface area contributed by atoms with Crippen LogP contribution >= 0.6 is 0 Å². The van der Waals surface area contributed by atoms with E-state index in [4.69, 9.17) is 5.11 Å². The predicted octanol–water partition coefficient (Wildman–Crippen LogP) is 0.736. The average Bonchev–Trinajstić information content (AvgIpc) is 2.94. The van der Waals surface area contributed by atoms with E-state index in [1.165, 1.54) is 0 Å². The second-order valence-corrected chi connectivity index (χ2v) is 4.49. The Labute approximate surface area is 99.4 Å². The fourth-order valence-corrected chi connectivity index (χ4v) is 1.95. The minimum atomic E-state index is -0.860. The van der Waals surface area contributed by atoms with Crippen molar-refractivity contribution in [2.45, 2.75) is 12.8 Å². The first-order valence-electron chi connectivity index (χ1n) is 5.69. The molecule has 0 aliphatic heterocycles. The fourth-order valence-electron chi connectivity index (χ4n) is 1.95. The van der Waals surface area contributed by atoms with Crippen molar-refractivity contribution >= 4 is 11.9 Å². The first-order valence-corrected chi connectivity index (χ1v) is 5.69. The van der Waals surface area contributed by atoms with Crippen LogP contribution in [-0.2, 0) is 16.0 Å². The molecule has 1 aromatic rings. The number of nitrogens with one attached hydrogen (secondary N) is 1. The number of carboxylic acids is 1. The third-order valence-corrected chi connectivity index (χ3v) is 3.18. The second-order valence-electron chi connectivity index (χ2n) is 4.49. The molecule has 2 N–H and O–H groups in total. The number of aromatic amines is 1. The Morgan fingerprint density at radius 1 is 1.53 bits per heavy atom. The van der Waals surface area contributed by atoms with Crippen molar-refractivity contribution in [3.63, 3.8) is 0 Å². The molecule has 0 spiro atoms. The summed E-state index contributed by atoms with van der Waals surface area (Å²) < 4.78 is 0. The molecule has 1 heterocycles. The first kappa shape index (κ1) is 11.7. The number of likely N-dealkylation sites (N-methyl/N-ethyl adjacent to an activating group) is 1. The number of H-pyrrole nitrogens is 1. The number of nitrogens with zero attached hydrogens (tertiary/aromatic N) is 1. The molecule has 2 unspecified atom stereocenters. The van der Waals surface area contributed by atoms with E-state index in [1.807, 2.05) is 18.3 Å². The van der Waals surface area contributed by atoms with Gasteiger partial charge in [0.15, 0.2) is 0 Å². The lowest BCUT2D eigenvalue weighted by Crippen LogP contribution is -2.31. The molecule has 17 heavy (non-hydrogen) atoms. The summed E-state index contributed by atoms with van der Waals surface area (Å²) in [6, 6.07) is 3.88. The van der Waals surface area contributed by atoms with Crippen LogP contribution in [0, 0.1) is 11.8 Å². The van der Waals surface area contributed by atoms with Crippen molar-refractivity contribution in [2.24, 2.45) is 11.8 Å². The van der Waals surface area contributed by atoms with Crippen LogP contribution in [0.1, 0.15) is 12.1 Å². The lowest BCUT2D eigenvalue weighted by molar-refractivity contribution is -0.141. The Bertz CT molecular complexity index is 413. The third kappa shape index (κ3) is 2.67. The van der Waals surface area contributed by atoms with E-state index in [-0.39, 0.29) is 11.8 Å². The number of amides is 1. The standard InChI is InChI=1S/C12H16N2O3/c1-14(6-4-8-3-2-5-13-8)11(15)9-7-10(9)12(16)17/h2-3,5,9-10,13H,4,6-7H2,1H3,(H,16,17). The Morgan fingerprint density at radius 2 is 2.29 bits per heavy atom. The van der Waals surface area contributed by atoms with Crippen molar-refractivity contribution < 1.29 is 14.7 Å². The van der Waals surface area contributed by atoms with Crippen LogP contribution in [0.25, 0.3) is 0 Å². The van der Waals surface area contributed by atoms with Gasteiger partial charge >= 0.3 is 5.97 Å². The Kier molecular flexibility index (Phi) is 3.17. The highest BCUT2D eigenvalue weighted by Gasteiger charge is 2.49. The van der Waals surface area contributed by atoms with Gasteiger partial charge in [-0.3, -0.25) is 9.59 Å². The highest BCUT2D eigenvalue weighted by atomic mass is 16.4. The third-order valence-electron chi connectivity index (χ3n) is 3.18. The number of aliphatic carboxylic acids is 1. The largest absolute Gasteiger partial charge is 0.481 e. The van der Waals surface area contributed by atoms with Crippen molar-refractivity contribution in [1.82, 2.24) is 9.88 Å². The van der Waals surface area contributed by atoms with Gasteiger partial charge in [0.1, 0.15) is 0 Å². The van der Waals surface area contributed by atoms with Crippen molar-refractivity contribution in [2.75, 3.05) is 13.6 Å². The van der Waals surface area contributed by atoms with Gasteiger partial charge in [-0.15, -0.1) is 0 Å². The second kappa shape index (κ2) is 4.61.